The fraction of sp³-hybridized carbons (Fsp3) is 0.600. The highest BCUT2D eigenvalue weighted by Crippen LogP contribution is 2.07. The Hall–Kier alpha value is -1.14. The third-order valence-electron chi connectivity index (χ3n) is 1.36. The number of aromatic nitrogens is 1. The zero-order valence-electron chi connectivity index (χ0n) is 10.8. The first-order valence-electron chi connectivity index (χ1n) is 4.97. The van der Waals surface area contributed by atoms with Crippen molar-refractivity contribution in [3.8, 4) is 0 Å². The van der Waals surface area contributed by atoms with E-state index in [4.69, 9.17) is 0 Å². The first-order chi connectivity index (χ1) is 7.61. The van der Waals surface area contributed by atoms with E-state index in [9.17, 15) is 4.79 Å². The second-order valence-electron chi connectivity index (χ2n) is 2.29. The Kier molecular flexibility index (Phi) is 12.9. The summed E-state index contributed by atoms with van der Waals surface area (Å²) in [5.74, 6) is -0.0949. The average molecular weight is 247 g/mol. The maximum atomic E-state index is 10.2. The predicted octanol–water partition coefficient (Wildman–Crippen LogP) is 2.24. The summed E-state index contributed by atoms with van der Waals surface area (Å²) in [7, 11) is 4.86. The van der Waals surface area contributed by atoms with E-state index in [1.165, 1.54) is 14.0 Å². The van der Waals surface area contributed by atoms with Crippen LogP contribution >= 0.6 is 11.3 Å². The van der Waals surface area contributed by atoms with Crippen LogP contribution < -0.4 is 5.32 Å². The van der Waals surface area contributed by atoms with Gasteiger partial charge in [-0.1, -0.05) is 13.8 Å². The second-order valence-corrected chi connectivity index (χ2v) is 3.18. The molecule has 0 aliphatic rings. The van der Waals surface area contributed by atoms with Crippen molar-refractivity contribution >= 4 is 22.4 Å². The number of thiazole rings is 1. The summed E-state index contributed by atoms with van der Waals surface area (Å²) in [6.45, 7) is 5.43. The molecule has 0 fully saturated rings. The molecule has 0 aromatic carbocycles. The average Bonchev–Trinajstić information content (AvgIpc) is 2.84. The number of nitrogens with one attached hydrogen (secondary N) is 1. The lowest BCUT2D eigenvalue weighted by Gasteiger charge is -2.08. The molecule has 1 aromatic rings. The molecule has 0 spiro atoms. The Morgan fingerprint density at radius 1 is 1.56 bits per heavy atom. The molecule has 16 heavy (non-hydrogen) atoms. The highest BCUT2D eigenvalue weighted by molar-refractivity contribution is 7.13. The van der Waals surface area contributed by atoms with Crippen molar-refractivity contribution in [2.75, 3.05) is 26.5 Å². The SMILES string of the molecule is CC.CNc1nccs1.CON(C)C(C)=O. The van der Waals surface area contributed by atoms with E-state index in [-0.39, 0.29) is 5.91 Å². The molecule has 1 N–H and O–H groups in total. The molecule has 0 radical (unpaired) electrons. The number of hydrogen-bond acceptors (Lipinski definition) is 5. The minimum atomic E-state index is -0.0949. The number of amides is 1. The van der Waals surface area contributed by atoms with Crippen molar-refractivity contribution in [1.29, 1.82) is 0 Å². The largest absolute Gasteiger partial charge is 0.365 e. The normalized spacial score (nSPS) is 7.88. The van der Waals surface area contributed by atoms with Crippen LogP contribution in [-0.2, 0) is 9.63 Å². The van der Waals surface area contributed by atoms with E-state index in [0.717, 1.165) is 10.2 Å². The molecule has 1 amide bonds. The molecule has 94 valence electrons. The van der Waals surface area contributed by atoms with Crippen LogP contribution in [0.15, 0.2) is 11.6 Å². The van der Waals surface area contributed by atoms with Gasteiger partial charge in [-0.3, -0.25) is 9.63 Å². The molecule has 0 unspecified atom stereocenters. The molecular weight excluding hydrogens is 226 g/mol. The molecule has 0 aliphatic heterocycles. The van der Waals surface area contributed by atoms with Crippen molar-refractivity contribution < 1.29 is 9.63 Å². The van der Waals surface area contributed by atoms with E-state index < -0.39 is 0 Å². The highest BCUT2D eigenvalue weighted by atomic mass is 32.1. The van der Waals surface area contributed by atoms with Gasteiger partial charge in [0, 0.05) is 32.6 Å². The predicted molar refractivity (Wildman–Crippen MR) is 68.5 cm³/mol. The van der Waals surface area contributed by atoms with Gasteiger partial charge in [-0.05, 0) is 0 Å². The third-order valence-corrected chi connectivity index (χ3v) is 2.15. The molecule has 0 saturated carbocycles. The summed E-state index contributed by atoms with van der Waals surface area (Å²) < 4.78 is 0. The lowest BCUT2D eigenvalue weighted by Crippen LogP contribution is -2.21. The van der Waals surface area contributed by atoms with Gasteiger partial charge in [-0.15, -0.1) is 11.3 Å². The van der Waals surface area contributed by atoms with E-state index in [1.54, 1.807) is 24.6 Å². The van der Waals surface area contributed by atoms with Gasteiger partial charge in [0.15, 0.2) is 5.13 Å². The van der Waals surface area contributed by atoms with Crippen LogP contribution in [0.5, 0.6) is 0 Å². The second kappa shape index (κ2) is 11.9. The number of rotatable bonds is 2. The fourth-order valence-electron chi connectivity index (χ4n) is 0.475. The number of hydrogen-bond donors (Lipinski definition) is 1. The van der Waals surface area contributed by atoms with Gasteiger partial charge in [0.25, 0.3) is 0 Å². The Labute approximate surface area is 101 Å². The van der Waals surface area contributed by atoms with E-state index >= 15 is 0 Å². The van der Waals surface area contributed by atoms with Gasteiger partial charge < -0.3 is 5.32 Å². The molecule has 6 heteroatoms. The van der Waals surface area contributed by atoms with E-state index in [1.807, 2.05) is 26.3 Å². The van der Waals surface area contributed by atoms with Gasteiger partial charge in [-0.2, -0.15) is 0 Å². The Morgan fingerprint density at radius 3 is 2.25 bits per heavy atom. The van der Waals surface area contributed by atoms with E-state index in [0.29, 0.717) is 0 Å². The lowest BCUT2D eigenvalue weighted by molar-refractivity contribution is -0.165. The Morgan fingerprint density at radius 2 is 2.12 bits per heavy atom. The van der Waals surface area contributed by atoms with Gasteiger partial charge in [0.05, 0.1) is 7.11 Å². The number of anilines is 1. The molecule has 1 rings (SSSR count). The number of carbonyl (C=O) groups excluding carboxylic acids is 1. The molecule has 0 aliphatic carbocycles. The van der Waals surface area contributed by atoms with E-state index in [2.05, 4.69) is 15.1 Å². The first kappa shape index (κ1) is 17.3. The molecule has 0 atom stereocenters. The Balaban J connectivity index is 0. The molecular formula is C10H21N3O2S. The smallest absolute Gasteiger partial charge is 0.242 e. The highest BCUT2D eigenvalue weighted by Gasteiger charge is 1.94. The Bertz CT molecular complexity index is 253. The summed E-state index contributed by atoms with van der Waals surface area (Å²) in [5.41, 5.74) is 0. The van der Waals surface area contributed by atoms with Crippen molar-refractivity contribution in [1.82, 2.24) is 10.0 Å². The summed E-state index contributed by atoms with van der Waals surface area (Å²) in [6, 6.07) is 0. The zero-order valence-corrected chi connectivity index (χ0v) is 11.6. The van der Waals surface area contributed by atoms with Crippen molar-refractivity contribution in [2.24, 2.45) is 0 Å². The summed E-state index contributed by atoms with van der Waals surface area (Å²) in [5, 5.41) is 6.98. The monoisotopic (exact) mass is 247 g/mol. The van der Waals surface area contributed by atoms with Crippen LogP contribution in [0.25, 0.3) is 0 Å². The molecule has 0 saturated heterocycles. The number of hydroxylamine groups is 2. The molecule has 1 aromatic heterocycles. The van der Waals surface area contributed by atoms with Crippen molar-refractivity contribution in [3.63, 3.8) is 0 Å². The van der Waals surface area contributed by atoms with Crippen LogP contribution in [-0.4, -0.2) is 37.2 Å². The van der Waals surface area contributed by atoms with Crippen LogP contribution in [0.1, 0.15) is 20.8 Å². The van der Waals surface area contributed by atoms with Crippen LogP contribution in [0.2, 0.25) is 0 Å². The quantitative estimate of drug-likeness (QED) is 0.814. The maximum Gasteiger partial charge on any atom is 0.242 e. The summed E-state index contributed by atoms with van der Waals surface area (Å²) in [4.78, 5) is 18.6. The lowest BCUT2D eigenvalue weighted by atomic mass is 10.7. The van der Waals surface area contributed by atoms with Crippen molar-refractivity contribution in [3.05, 3.63) is 11.6 Å². The van der Waals surface area contributed by atoms with Gasteiger partial charge >= 0.3 is 0 Å². The topological polar surface area (TPSA) is 54.5 Å². The maximum absolute atomic E-state index is 10.2. The standard InChI is InChI=1S/C4H6N2S.C4H9NO2.C2H6/c1-5-4-6-2-3-7-4;1-4(6)5(2)7-3;1-2/h2-3H,1H3,(H,5,6);1-3H3;1-2H3. The molecule has 5 nitrogen and oxygen atoms in total. The van der Waals surface area contributed by atoms with Gasteiger partial charge in [-0.25, -0.2) is 10.0 Å². The van der Waals surface area contributed by atoms with Gasteiger partial charge in [0.1, 0.15) is 0 Å². The number of carbonyl (C=O) groups is 1. The minimum absolute atomic E-state index is 0.0949. The third kappa shape index (κ3) is 9.42. The van der Waals surface area contributed by atoms with Gasteiger partial charge in [0.2, 0.25) is 5.91 Å². The first-order valence-corrected chi connectivity index (χ1v) is 5.85. The fourth-order valence-corrected chi connectivity index (χ4v) is 0.966. The van der Waals surface area contributed by atoms with Crippen LogP contribution in [0.3, 0.4) is 0 Å². The molecule has 0 bridgehead atoms. The summed E-state index contributed by atoms with van der Waals surface area (Å²) in [6.07, 6.45) is 1.77. The van der Waals surface area contributed by atoms with Crippen molar-refractivity contribution in [2.45, 2.75) is 20.8 Å². The summed E-state index contributed by atoms with van der Waals surface area (Å²) >= 11 is 1.60. The minimum Gasteiger partial charge on any atom is -0.365 e. The molecule has 1 heterocycles. The van der Waals surface area contributed by atoms with Crippen LogP contribution in [0.4, 0.5) is 5.13 Å². The number of nitrogens with zero attached hydrogens (tertiary/aromatic N) is 2. The zero-order chi connectivity index (χ0) is 13.0. The van der Waals surface area contributed by atoms with Crippen LogP contribution in [0, 0.1) is 0 Å².